The van der Waals surface area contributed by atoms with Crippen molar-refractivity contribution in [2.45, 2.75) is 12.8 Å². The van der Waals surface area contributed by atoms with Crippen molar-refractivity contribution in [3.05, 3.63) is 47.5 Å². The van der Waals surface area contributed by atoms with Crippen molar-refractivity contribution in [1.82, 2.24) is 0 Å². The van der Waals surface area contributed by atoms with Crippen LogP contribution in [0.15, 0.2) is 36.4 Å². The molecule has 1 fully saturated rings. The van der Waals surface area contributed by atoms with Crippen LogP contribution in [0.25, 0.3) is 12.2 Å². The summed E-state index contributed by atoms with van der Waals surface area (Å²) in [5.41, 5.74) is 1.92. The molecule has 6 heteroatoms. The fraction of sp³-hybridized carbons (Fsp3) is 0.385. The Hall–Kier alpha value is -3.28. The molecule has 2 atom stereocenters. The first-order chi connectivity index (χ1) is 15.6. The number of methoxy groups -OCH3 is 6. The van der Waals surface area contributed by atoms with E-state index in [2.05, 4.69) is 24.3 Å². The van der Waals surface area contributed by atoms with Gasteiger partial charge in [-0.05, 0) is 36.8 Å². The number of hydrogen-bond donors (Lipinski definition) is 0. The Morgan fingerprint density at radius 3 is 1.09 bits per heavy atom. The van der Waals surface area contributed by atoms with E-state index in [0.717, 1.165) is 35.5 Å². The van der Waals surface area contributed by atoms with Crippen LogP contribution in [0.2, 0.25) is 0 Å². The van der Waals surface area contributed by atoms with E-state index in [0.29, 0.717) is 34.8 Å². The second kappa shape index (κ2) is 10.8. The molecule has 2 aromatic carbocycles. The summed E-state index contributed by atoms with van der Waals surface area (Å²) in [6.45, 7) is 0. The van der Waals surface area contributed by atoms with Crippen molar-refractivity contribution in [3.8, 4) is 34.5 Å². The number of ether oxygens (including phenoxy) is 6. The predicted molar refractivity (Wildman–Crippen MR) is 126 cm³/mol. The normalized spacial score (nSPS) is 17.8. The Labute approximate surface area is 190 Å². The van der Waals surface area contributed by atoms with Crippen molar-refractivity contribution in [2.75, 3.05) is 42.7 Å². The molecule has 0 N–H and O–H groups in total. The molecular formula is C26H32O6. The van der Waals surface area contributed by atoms with E-state index in [1.807, 2.05) is 24.3 Å². The van der Waals surface area contributed by atoms with Crippen LogP contribution in [0.4, 0.5) is 0 Å². The highest BCUT2D eigenvalue weighted by molar-refractivity contribution is 5.65. The first-order valence-corrected chi connectivity index (χ1v) is 10.5. The Morgan fingerprint density at radius 2 is 0.812 bits per heavy atom. The maximum atomic E-state index is 5.53. The van der Waals surface area contributed by atoms with Gasteiger partial charge in [0.25, 0.3) is 0 Å². The number of rotatable bonds is 10. The van der Waals surface area contributed by atoms with E-state index in [4.69, 9.17) is 28.4 Å². The van der Waals surface area contributed by atoms with Gasteiger partial charge in [-0.3, -0.25) is 0 Å². The lowest BCUT2D eigenvalue weighted by molar-refractivity contribution is 0.288. The van der Waals surface area contributed by atoms with Crippen LogP contribution in [0.5, 0.6) is 34.5 Å². The van der Waals surface area contributed by atoms with E-state index >= 15 is 0 Å². The molecular weight excluding hydrogens is 408 g/mol. The molecule has 0 radical (unpaired) electrons. The summed E-state index contributed by atoms with van der Waals surface area (Å²) in [6.07, 6.45) is 11.0. The number of hydrogen-bond acceptors (Lipinski definition) is 6. The van der Waals surface area contributed by atoms with Gasteiger partial charge in [0.05, 0.1) is 42.7 Å². The fourth-order valence-corrected chi connectivity index (χ4v) is 3.85. The molecule has 0 amide bonds. The van der Waals surface area contributed by atoms with E-state index in [1.54, 1.807) is 42.7 Å². The first-order valence-electron chi connectivity index (χ1n) is 10.5. The molecule has 2 unspecified atom stereocenters. The van der Waals surface area contributed by atoms with Crippen molar-refractivity contribution in [1.29, 1.82) is 0 Å². The molecule has 1 saturated carbocycles. The quantitative estimate of drug-likeness (QED) is 0.487. The second-order valence-corrected chi connectivity index (χ2v) is 7.52. The Kier molecular flexibility index (Phi) is 7.92. The van der Waals surface area contributed by atoms with Crippen molar-refractivity contribution >= 4 is 12.2 Å². The van der Waals surface area contributed by atoms with Gasteiger partial charge in [0.15, 0.2) is 23.0 Å². The maximum absolute atomic E-state index is 5.53. The average Bonchev–Trinajstić information content (AvgIpc) is 2.82. The van der Waals surface area contributed by atoms with E-state index in [9.17, 15) is 0 Å². The largest absolute Gasteiger partial charge is 0.496 e. The van der Waals surface area contributed by atoms with Crippen LogP contribution in [-0.4, -0.2) is 42.7 Å². The molecule has 2 aromatic rings. The maximum Gasteiger partial charge on any atom is 0.164 e. The third-order valence-corrected chi connectivity index (χ3v) is 5.90. The molecule has 0 aromatic heterocycles. The smallest absolute Gasteiger partial charge is 0.164 e. The first kappa shape index (κ1) is 23.4. The zero-order valence-corrected chi connectivity index (χ0v) is 19.6. The average molecular weight is 441 g/mol. The van der Waals surface area contributed by atoms with E-state index in [-0.39, 0.29) is 0 Å². The lowest BCUT2D eigenvalue weighted by Crippen LogP contribution is -2.21. The number of benzene rings is 2. The van der Waals surface area contributed by atoms with Gasteiger partial charge in [0, 0.05) is 23.3 Å². The van der Waals surface area contributed by atoms with Gasteiger partial charge < -0.3 is 28.4 Å². The minimum atomic E-state index is 0.454. The van der Waals surface area contributed by atoms with Gasteiger partial charge in [-0.2, -0.15) is 0 Å². The van der Waals surface area contributed by atoms with Crippen LogP contribution in [0.3, 0.4) is 0 Å². The van der Waals surface area contributed by atoms with Gasteiger partial charge in [-0.25, -0.2) is 0 Å². The standard InChI is InChI=1S/C26H32O6/c1-27-21-15-25(31-5)23(29-3)13-19(21)11-9-17-7-8-18(17)10-12-20-14-24(30-4)26(32-6)16-22(20)28-2/h9-18H,7-8H2,1-6H3/b11-9-,12-10-. The van der Waals surface area contributed by atoms with Gasteiger partial charge in [0.2, 0.25) is 0 Å². The minimum absolute atomic E-state index is 0.454. The van der Waals surface area contributed by atoms with E-state index in [1.165, 1.54) is 0 Å². The molecule has 0 saturated heterocycles. The zero-order chi connectivity index (χ0) is 23.1. The third kappa shape index (κ3) is 4.96. The fourth-order valence-electron chi connectivity index (χ4n) is 3.85. The van der Waals surface area contributed by atoms with Crippen molar-refractivity contribution < 1.29 is 28.4 Å². The molecule has 172 valence electrons. The number of allylic oxidation sites excluding steroid dienone is 2. The molecule has 3 rings (SSSR count). The van der Waals surface area contributed by atoms with Crippen LogP contribution >= 0.6 is 0 Å². The molecule has 32 heavy (non-hydrogen) atoms. The molecule has 1 aliphatic rings. The van der Waals surface area contributed by atoms with Crippen LogP contribution in [0.1, 0.15) is 24.0 Å². The molecule has 1 aliphatic carbocycles. The third-order valence-electron chi connectivity index (χ3n) is 5.90. The Morgan fingerprint density at radius 1 is 0.500 bits per heavy atom. The highest BCUT2D eigenvalue weighted by Gasteiger charge is 2.26. The van der Waals surface area contributed by atoms with Crippen molar-refractivity contribution in [3.63, 3.8) is 0 Å². The molecule has 0 bridgehead atoms. The summed E-state index contributed by atoms with van der Waals surface area (Å²) in [6, 6.07) is 7.57. The van der Waals surface area contributed by atoms with Crippen LogP contribution < -0.4 is 28.4 Å². The summed E-state index contributed by atoms with van der Waals surface area (Å²) in [5, 5.41) is 0. The summed E-state index contributed by atoms with van der Waals surface area (Å²) in [7, 11) is 9.81. The topological polar surface area (TPSA) is 55.4 Å². The Bertz CT molecular complexity index is 899. The monoisotopic (exact) mass is 440 g/mol. The van der Waals surface area contributed by atoms with Gasteiger partial charge in [-0.1, -0.05) is 24.3 Å². The Balaban J connectivity index is 1.77. The van der Waals surface area contributed by atoms with Gasteiger partial charge >= 0.3 is 0 Å². The van der Waals surface area contributed by atoms with Crippen LogP contribution in [0, 0.1) is 11.8 Å². The molecule has 0 spiro atoms. The minimum Gasteiger partial charge on any atom is -0.496 e. The predicted octanol–water partition coefficient (Wildman–Crippen LogP) is 5.49. The lowest BCUT2D eigenvalue weighted by Gasteiger charge is -2.32. The molecule has 0 aliphatic heterocycles. The summed E-state index contributed by atoms with van der Waals surface area (Å²) in [4.78, 5) is 0. The van der Waals surface area contributed by atoms with Gasteiger partial charge in [-0.15, -0.1) is 0 Å². The highest BCUT2D eigenvalue weighted by Crippen LogP contribution is 2.41. The van der Waals surface area contributed by atoms with Crippen molar-refractivity contribution in [2.24, 2.45) is 11.8 Å². The SMILES string of the molecule is COc1cc(OC)c(OC)cc1/C=C\C1CCC1/C=C\c1cc(OC)c(OC)cc1OC. The van der Waals surface area contributed by atoms with E-state index < -0.39 is 0 Å². The van der Waals surface area contributed by atoms with Crippen LogP contribution in [-0.2, 0) is 0 Å². The highest BCUT2D eigenvalue weighted by atomic mass is 16.5. The lowest BCUT2D eigenvalue weighted by atomic mass is 9.73. The summed E-state index contributed by atoms with van der Waals surface area (Å²) >= 11 is 0. The summed E-state index contributed by atoms with van der Waals surface area (Å²) in [5.74, 6) is 5.06. The zero-order valence-electron chi connectivity index (χ0n) is 19.6. The summed E-state index contributed by atoms with van der Waals surface area (Å²) < 4.78 is 32.7. The second-order valence-electron chi connectivity index (χ2n) is 7.52. The molecule has 6 nitrogen and oxygen atoms in total. The van der Waals surface area contributed by atoms with Gasteiger partial charge in [0.1, 0.15) is 11.5 Å². The molecule has 0 heterocycles.